The van der Waals surface area contributed by atoms with Gasteiger partial charge in [0.25, 0.3) is 0 Å². The predicted octanol–water partition coefficient (Wildman–Crippen LogP) is 0.920. The fraction of sp³-hybridized carbons (Fsp3) is 1.00. The van der Waals surface area contributed by atoms with Crippen molar-refractivity contribution in [2.24, 2.45) is 17.6 Å². The molecule has 66 valence electrons. The maximum atomic E-state index is 5.83. The molecule has 1 fully saturated rings. The SMILES string of the molecule is CC1C(N)C1CN(C)C(C)C. The van der Waals surface area contributed by atoms with E-state index in [0.29, 0.717) is 12.1 Å². The summed E-state index contributed by atoms with van der Waals surface area (Å²) in [7, 11) is 2.17. The molecule has 3 atom stereocenters. The van der Waals surface area contributed by atoms with Crippen LogP contribution in [0.25, 0.3) is 0 Å². The lowest BCUT2D eigenvalue weighted by Crippen LogP contribution is -2.29. The Morgan fingerprint density at radius 1 is 1.45 bits per heavy atom. The van der Waals surface area contributed by atoms with Gasteiger partial charge in [-0.3, -0.25) is 0 Å². The first-order chi connectivity index (χ1) is 5.04. The molecule has 1 aliphatic rings. The van der Waals surface area contributed by atoms with E-state index in [1.165, 1.54) is 6.54 Å². The molecular formula is C9H20N2. The highest BCUT2D eigenvalue weighted by molar-refractivity contribution is 4.99. The highest BCUT2D eigenvalue weighted by Gasteiger charge is 2.43. The standard InChI is InChI=1S/C9H20N2/c1-6(2)11(4)5-8-7(3)9(8)10/h6-9H,5,10H2,1-4H3. The third-order valence-corrected chi connectivity index (χ3v) is 3.02. The van der Waals surface area contributed by atoms with Crippen LogP contribution < -0.4 is 5.73 Å². The first-order valence-electron chi connectivity index (χ1n) is 4.50. The molecule has 3 unspecified atom stereocenters. The van der Waals surface area contributed by atoms with Gasteiger partial charge in [0, 0.05) is 18.6 Å². The second kappa shape index (κ2) is 3.11. The van der Waals surface area contributed by atoms with E-state index in [2.05, 4.69) is 32.7 Å². The number of nitrogens with two attached hydrogens (primary N) is 1. The molecule has 2 heteroatoms. The largest absolute Gasteiger partial charge is 0.327 e. The van der Waals surface area contributed by atoms with Gasteiger partial charge in [0.1, 0.15) is 0 Å². The molecule has 0 amide bonds. The number of hydrogen-bond acceptors (Lipinski definition) is 2. The van der Waals surface area contributed by atoms with Crippen LogP contribution in [0.1, 0.15) is 20.8 Å². The molecule has 0 heterocycles. The summed E-state index contributed by atoms with van der Waals surface area (Å²) in [5, 5.41) is 0. The number of rotatable bonds is 3. The molecule has 1 aliphatic carbocycles. The minimum absolute atomic E-state index is 0.469. The molecule has 0 aromatic rings. The number of nitrogens with zero attached hydrogens (tertiary/aromatic N) is 1. The van der Waals surface area contributed by atoms with Crippen LogP contribution >= 0.6 is 0 Å². The minimum atomic E-state index is 0.469. The van der Waals surface area contributed by atoms with Gasteiger partial charge in [0.05, 0.1) is 0 Å². The van der Waals surface area contributed by atoms with Gasteiger partial charge in [-0.05, 0) is 32.7 Å². The van der Waals surface area contributed by atoms with Crippen LogP contribution in [0.3, 0.4) is 0 Å². The topological polar surface area (TPSA) is 29.3 Å². The van der Waals surface area contributed by atoms with Crippen LogP contribution in [-0.4, -0.2) is 30.6 Å². The van der Waals surface area contributed by atoms with Crippen molar-refractivity contribution in [3.05, 3.63) is 0 Å². The lowest BCUT2D eigenvalue weighted by Gasteiger charge is -2.20. The molecule has 0 saturated heterocycles. The van der Waals surface area contributed by atoms with Crippen molar-refractivity contribution < 1.29 is 0 Å². The van der Waals surface area contributed by atoms with E-state index >= 15 is 0 Å². The van der Waals surface area contributed by atoms with E-state index < -0.39 is 0 Å². The zero-order valence-corrected chi connectivity index (χ0v) is 8.04. The average Bonchev–Trinajstić information content (AvgIpc) is 2.45. The van der Waals surface area contributed by atoms with Gasteiger partial charge in [0.15, 0.2) is 0 Å². The Balaban J connectivity index is 2.22. The summed E-state index contributed by atoms with van der Waals surface area (Å²) >= 11 is 0. The van der Waals surface area contributed by atoms with Crippen LogP contribution in [0.4, 0.5) is 0 Å². The van der Waals surface area contributed by atoms with E-state index in [1.54, 1.807) is 0 Å². The highest BCUT2D eigenvalue weighted by Crippen LogP contribution is 2.36. The normalized spacial score (nSPS) is 36.8. The Labute approximate surface area is 69.8 Å². The van der Waals surface area contributed by atoms with Gasteiger partial charge in [-0.15, -0.1) is 0 Å². The van der Waals surface area contributed by atoms with E-state index in [4.69, 9.17) is 5.73 Å². The van der Waals surface area contributed by atoms with Gasteiger partial charge in [-0.2, -0.15) is 0 Å². The fourth-order valence-corrected chi connectivity index (χ4v) is 1.41. The Kier molecular flexibility index (Phi) is 2.55. The van der Waals surface area contributed by atoms with Crippen LogP contribution in [-0.2, 0) is 0 Å². The highest BCUT2D eigenvalue weighted by atomic mass is 15.1. The summed E-state index contributed by atoms with van der Waals surface area (Å²) in [4.78, 5) is 2.37. The second-order valence-corrected chi connectivity index (χ2v) is 4.13. The summed E-state index contributed by atoms with van der Waals surface area (Å²) in [6.45, 7) is 7.85. The van der Waals surface area contributed by atoms with Crippen molar-refractivity contribution in [1.29, 1.82) is 0 Å². The zero-order chi connectivity index (χ0) is 8.59. The molecule has 0 aliphatic heterocycles. The van der Waals surface area contributed by atoms with Crippen LogP contribution in [0.15, 0.2) is 0 Å². The zero-order valence-electron chi connectivity index (χ0n) is 8.04. The van der Waals surface area contributed by atoms with Gasteiger partial charge in [0.2, 0.25) is 0 Å². The molecule has 2 N–H and O–H groups in total. The van der Waals surface area contributed by atoms with Crippen LogP contribution in [0, 0.1) is 11.8 Å². The van der Waals surface area contributed by atoms with E-state index in [0.717, 1.165) is 11.8 Å². The van der Waals surface area contributed by atoms with Crippen LogP contribution in [0.5, 0.6) is 0 Å². The molecule has 0 radical (unpaired) electrons. The van der Waals surface area contributed by atoms with Gasteiger partial charge in [-0.25, -0.2) is 0 Å². The monoisotopic (exact) mass is 156 g/mol. The van der Waals surface area contributed by atoms with Crippen molar-refractivity contribution in [3.63, 3.8) is 0 Å². The lowest BCUT2D eigenvalue weighted by atomic mass is 10.3. The van der Waals surface area contributed by atoms with E-state index in [1.807, 2.05) is 0 Å². The summed E-state index contributed by atoms with van der Waals surface area (Å²) in [6, 6.07) is 1.12. The Hall–Kier alpha value is -0.0800. The Morgan fingerprint density at radius 2 is 1.91 bits per heavy atom. The molecule has 0 bridgehead atoms. The van der Waals surface area contributed by atoms with Crippen molar-refractivity contribution >= 4 is 0 Å². The summed E-state index contributed by atoms with van der Waals surface area (Å²) in [5.41, 5.74) is 5.83. The van der Waals surface area contributed by atoms with Gasteiger partial charge in [-0.1, -0.05) is 6.92 Å². The Bertz CT molecular complexity index is 119. The van der Waals surface area contributed by atoms with Crippen molar-refractivity contribution in [3.8, 4) is 0 Å². The molecule has 2 nitrogen and oxygen atoms in total. The quantitative estimate of drug-likeness (QED) is 0.658. The third-order valence-electron chi connectivity index (χ3n) is 3.02. The third kappa shape index (κ3) is 1.94. The lowest BCUT2D eigenvalue weighted by molar-refractivity contribution is 0.258. The predicted molar refractivity (Wildman–Crippen MR) is 48.4 cm³/mol. The first kappa shape index (κ1) is 9.01. The summed E-state index contributed by atoms with van der Waals surface area (Å²) in [5.74, 6) is 1.50. The average molecular weight is 156 g/mol. The maximum absolute atomic E-state index is 5.83. The summed E-state index contributed by atoms with van der Waals surface area (Å²) in [6.07, 6.45) is 0. The first-order valence-corrected chi connectivity index (χ1v) is 4.50. The second-order valence-electron chi connectivity index (χ2n) is 4.13. The van der Waals surface area contributed by atoms with Gasteiger partial charge >= 0.3 is 0 Å². The van der Waals surface area contributed by atoms with Crippen LogP contribution in [0.2, 0.25) is 0 Å². The van der Waals surface area contributed by atoms with Gasteiger partial charge < -0.3 is 10.6 Å². The Morgan fingerprint density at radius 3 is 2.18 bits per heavy atom. The van der Waals surface area contributed by atoms with Crippen molar-refractivity contribution in [2.45, 2.75) is 32.9 Å². The smallest absolute Gasteiger partial charge is 0.0112 e. The molecule has 0 aromatic carbocycles. The minimum Gasteiger partial charge on any atom is -0.327 e. The molecule has 0 aromatic heterocycles. The molecule has 1 rings (SSSR count). The molecule has 11 heavy (non-hydrogen) atoms. The van der Waals surface area contributed by atoms with Crippen molar-refractivity contribution in [1.82, 2.24) is 4.90 Å². The fourth-order valence-electron chi connectivity index (χ4n) is 1.41. The molecule has 0 spiro atoms. The van der Waals surface area contributed by atoms with E-state index in [9.17, 15) is 0 Å². The van der Waals surface area contributed by atoms with E-state index in [-0.39, 0.29) is 0 Å². The summed E-state index contributed by atoms with van der Waals surface area (Å²) < 4.78 is 0. The maximum Gasteiger partial charge on any atom is 0.0112 e. The number of hydrogen-bond donors (Lipinski definition) is 1. The van der Waals surface area contributed by atoms with Crippen molar-refractivity contribution in [2.75, 3.05) is 13.6 Å². The molecule has 1 saturated carbocycles. The molecular weight excluding hydrogens is 136 g/mol.